The van der Waals surface area contributed by atoms with Gasteiger partial charge in [-0.1, -0.05) is 38.0 Å². The average Bonchev–Trinajstić information content (AvgIpc) is 2.85. The summed E-state index contributed by atoms with van der Waals surface area (Å²) in [4.78, 5) is 4.42. The Bertz CT molecular complexity index is 556. The van der Waals surface area contributed by atoms with Crippen LogP contribution in [0.1, 0.15) is 44.2 Å². The van der Waals surface area contributed by atoms with Crippen LogP contribution in [0, 0.1) is 5.41 Å². The van der Waals surface area contributed by atoms with Gasteiger partial charge in [0.05, 0.1) is 5.52 Å². The second kappa shape index (κ2) is 4.36. The van der Waals surface area contributed by atoms with E-state index >= 15 is 0 Å². The molecule has 2 N–H and O–H groups in total. The third kappa shape index (κ3) is 1.91. The zero-order chi connectivity index (χ0) is 12.6. The number of nitrogens with zero attached hydrogens (tertiary/aromatic N) is 1. The predicted octanol–water partition coefficient (Wildman–Crippen LogP) is 3.81. The standard InChI is InChI=1S/C16H20N2/c1-16(8-2-3-9-16)15(17)13-7-6-12-5-4-10-18-14(12)11-13/h4-7,10-11,15H,2-3,8-9,17H2,1H3. The molecular weight excluding hydrogens is 220 g/mol. The Labute approximate surface area is 108 Å². The van der Waals surface area contributed by atoms with Gasteiger partial charge < -0.3 is 5.73 Å². The van der Waals surface area contributed by atoms with Crippen molar-refractivity contribution in [3.8, 4) is 0 Å². The van der Waals surface area contributed by atoms with Crippen molar-refractivity contribution in [2.45, 2.75) is 38.6 Å². The molecule has 2 aromatic rings. The molecule has 3 rings (SSSR count). The quantitative estimate of drug-likeness (QED) is 0.866. The van der Waals surface area contributed by atoms with E-state index in [1.807, 2.05) is 12.3 Å². The summed E-state index contributed by atoms with van der Waals surface area (Å²) in [6.45, 7) is 2.33. The third-order valence-electron chi connectivity index (χ3n) is 4.49. The van der Waals surface area contributed by atoms with Gasteiger partial charge in [0, 0.05) is 17.6 Å². The lowest BCUT2D eigenvalue weighted by atomic mass is 9.78. The summed E-state index contributed by atoms with van der Waals surface area (Å²) in [7, 11) is 0. The van der Waals surface area contributed by atoms with Crippen LogP contribution in [0.5, 0.6) is 0 Å². The van der Waals surface area contributed by atoms with Crippen molar-refractivity contribution in [1.29, 1.82) is 0 Å². The molecule has 1 aromatic carbocycles. The summed E-state index contributed by atoms with van der Waals surface area (Å²) >= 11 is 0. The highest BCUT2D eigenvalue weighted by Crippen LogP contribution is 2.46. The van der Waals surface area contributed by atoms with Crippen LogP contribution < -0.4 is 5.73 Å². The van der Waals surface area contributed by atoms with Crippen LogP contribution >= 0.6 is 0 Å². The van der Waals surface area contributed by atoms with E-state index in [4.69, 9.17) is 5.73 Å². The lowest BCUT2D eigenvalue weighted by Gasteiger charge is -2.31. The molecule has 2 nitrogen and oxygen atoms in total. The van der Waals surface area contributed by atoms with Gasteiger partial charge in [-0.15, -0.1) is 0 Å². The van der Waals surface area contributed by atoms with Crippen molar-refractivity contribution in [3.05, 3.63) is 42.1 Å². The highest BCUT2D eigenvalue weighted by atomic mass is 14.7. The monoisotopic (exact) mass is 240 g/mol. The van der Waals surface area contributed by atoms with E-state index in [0.29, 0.717) is 0 Å². The van der Waals surface area contributed by atoms with Gasteiger partial charge in [-0.05, 0) is 36.0 Å². The molecule has 0 spiro atoms. The van der Waals surface area contributed by atoms with Gasteiger partial charge in [-0.2, -0.15) is 0 Å². The number of hydrogen-bond donors (Lipinski definition) is 1. The summed E-state index contributed by atoms with van der Waals surface area (Å²) in [6, 6.07) is 10.7. The topological polar surface area (TPSA) is 38.9 Å². The molecule has 94 valence electrons. The molecule has 1 saturated carbocycles. The second-order valence-corrected chi connectivity index (χ2v) is 5.79. The maximum absolute atomic E-state index is 6.50. The van der Waals surface area contributed by atoms with Crippen LogP contribution in [0.15, 0.2) is 36.5 Å². The van der Waals surface area contributed by atoms with Gasteiger partial charge in [0.25, 0.3) is 0 Å². The van der Waals surface area contributed by atoms with Crippen LogP contribution in [0.2, 0.25) is 0 Å². The Morgan fingerprint density at radius 3 is 2.78 bits per heavy atom. The minimum Gasteiger partial charge on any atom is -0.323 e. The van der Waals surface area contributed by atoms with E-state index in [0.717, 1.165) is 5.52 Å². The summed E-state index contributed by atoms with van der Waals surface area (Å²) < 4.78 is 0. The fourth-order valence-electron chi connectivity index (χ4n) is 3.17. The highest BCUT2D eigenvalue weighted by Gasteiger charge is 2.35. The lowest BCUT2D eigenvalue weighted by molar-refractivity contribution is 0.265. The van der Waals surface area contributed by atoms with Crippen LogP contribution in [0.25, 0.3) is 10.9 Å². The van der Waals surface area contributed by atoms with Crippen LogP contribution in [0.4, 0.5) is 0 Å². The second-order valence-electron chi connectivity index (χ2n) is 5.79. The normalized spacial score (nSPS) is 20.1. The summed E-state index contributed by atoms with van der Waals surface area (Å²) in [5.41, 5.74) is 9.04. The Morgan fingerprint density at radius 1 is 1.22 bits per heavy atom. The molecule has 1 heterocycles. The molecular formula is C16H20N2. The van der Waals surface area contributed by atoms with E-state index in [1.165, 1.54) is 36.6 Å². The van der Waals surface area contributed by atoms with Crippen LogP contribution in [-0.2, 0) is 0 Å². The molecule has 18 heavy (non-hydrogen) atoms. The number of hydrogen-bond acceptors (Lipinski definition) is 2. The number of benzene rings is 1. The molecule has 1 atom stereocenters. The smallest absolute Gasteiger partial charge is 0.0705 e. The fraction of sp³-hybridized carbons (Fsp3) is 0.438. The predicted molar refractivity (Wildman–Crippen MR) is 75.2 cm³/mol. The molecule has 1 aliphatic rings. The molecule has 1 aromatic heterocycles. The van der Waals surface area contributed by atoms with Crippen molar-refractivity contribution < 1.29 is 0 Å². The molecule has 0 aliphatic heterocycles. The number of pyridine rings is 1. The SMILES string of the molecule is CC1(C(N)c2ccc3cccnc3c2)CCCC1. The average molecular weight is 240 g/mol. The van der Waals surface area contributed by atoms with Crippen molar-refractivity contribution in [3.63, 3.8) is 0 Å². The largest absolute Gasteiger partial charge is 0.323 e. The summed E-state index contributed by atoms with van der Waals surface area (Å²) in [6.07, 6.45) is 6.96. The van der Waals surface area contributed by atoms with E-state index in [9.17, 15) is 0 Å². The van der Waals surface area contributed by atoms with Gasteiger partial charge in [-0.3, -0.25) is 4.98 Å². The number of aromatic nitrogens is 1. The summed E-state index contributed by atoms with van der Waals surface area (Å²) in [5, 5.41) is 1.19. The molecule has 0 radical (unpaired) electrons. The first kappa shape index (κ1) is 11.7. The van der Waals surface area contributed by atoms with E-state index in [2.05, 4.69) is 36.2 Å². The molecule has 0 amide bonds. The van der Waals surface area contributed by atoms with Crippen molar-refractivity contribution in [2.75, 3.05) is 0 Å². The first-order chi connectivity index (χ1) is 8.69. The Kier molecular flexibility index (Phi) is 2.83. The summed E-state index contributed by atoms with van der Waals surface area (Å²) in [5.74, 6) is 0. The van der Waals surface area contributed by atoms with Gasteiger partial charge in [0.1, 0.15) is 0 Å². The van der Waals surface area contributed by atoms with Gasteiger partial charge in [0.15, 0.2) is 0 Å². The van der Waals surface area contributed by atoms with E-state index < -0.39 is 0 Å². The molecule has 1 unspecified atom stereocenters. The minimum absolute atomic E-state index is 0.131. The van der Waals surface area contributed by atoms with Crippen molar-refractivity contribution in [2.24, 2.45) is 11.1 Å². The van der Waals surface area contributed by atoms with Crippen molar-refractivity contribution >= 4 is 10.9 Å². The van der Waals surface area contributed by atoms with Gasteiger partial charge >= 0.3 is 0 Å². The van der Waals surface area contributed by atoms with Gasteiger partial charge in [-0.25, -0.2) is 0 Å². The fourth-order valence-corrected chi connectivity index (χ4v) is 3.17. The van der Waals surface area contributed by atoms with E-state index in [-0.39, 0.29) is 11.5 Å². The van der Waals surface area contributed by atoms with Crippen LogP contribution in [-0.4, -0.2) is 4.98 Å². The Morgan fingerprint density at radius 2 is 2.00 bits per heavy atom. The molecule has 2 heteroatoms. The zero-order valence-corrected chi connectivity index (χ0v) is 10.9. The van der Waals surface area contributed by atoms with Crippen LogP contribution in [0.3, 0.4) is 0 Å². The van der Waals surface area contributed by atoms with Crippen molar-refractivity contribution in [1.82, 2.24) is 4.98 Å². The first-order valence-corrected chi connectivity index (χ1v) is 6.79. The van der Waals surface area contributed by atoms with Gasteiger partial charge in [0.2, 0.25) is 0 Å². The lowest BCUT2D eigenvalue weighted by Crippen LogP contribution is -2.29. The number of nitrogens with two attached hydrogens (primary N) is 1. The molecule has 1 fully saturated rings. The number of fused-ring (bicyclic) bond motifs is 1. The molecule has 0 saturated heterocycles. The zero-order valence-electron chi connectivity index (χ0n) is 10.9. The maximum Gasteiger partial charge on any atom is 0.0705 e. The minimum atomic E-state index is 0.131. The number of rotatable bonds is 2. The highest BCUT2D eigenvalue weighted by molar-refractivity contribution is 5.79. The first-order valence-electron chi connectivity index (χ1n) is 6.79. The Hall–Kier alpha value is -1.41. The maximum atomic E-state index is 6.50. The van der Waals surface area contributed by atoms with E-state index in [1.54, 1.807) is 0 Å². The molecule has 1 aliphatic carbocycles. The third-order valence-corrected chi connectivity index (χ3v) is 4.49. The molecule has 0 bridgehead atoms. The Balaban J connectivity index is 1.98.